The lowest BCUT2D eigenvalue weighted by atomic mass is 10.0. The number of halogens is 1. The molecule has 5 heteroatoms. The third kappa shape index (κ3) is 3.15. The van der Waals surface area contributed by atoms with Gasteiger partial charge >= 0.3 is 0 Å². The van der Waals surface area contributed by atoms with Crippen molar-refractivity contribution in [1.29, 1.82) is 0 Å². The molecule has 2 aromatic carbocycles. The summed E-state index contributed by atoms with van der Waals surface area (Å²) in [6, 6.07) is 15.7. The molecule has 1 amide bonds. The maximum Gasteiger partial charge on any atom is 0.270 e. The van der Waals surface area contributed by atoms with Crippen LogP contribution in [0.3, 0.4) is 0 Å². The van der Waals surface area contributed by atoms with Gasteiger partial charge in [-0.15, -0.1) is 0 Å². The van der Waals surface area contributed by atoms with Gasteiger partial charge < -0.3 is 15.2 Å². The van der Waals surface area contributed by atoms with Crippen LogP contribution in [-0.2, 0) is 0 Å². The molecule has 2 N–H and O–H groups in total. The summed E-state index contributed by atoms with van der Waals surface area (Å²) in [5.74, 6) is 0.0508. The van der Waals surface area contributed by atoms with Crippen LogP contribution in [0, 0.1) is 0 Å². The minimum Gasteiger partial charge on any atom is -0.350 e. The lowest BCUT2D eigenvalue weighted by Gasteiger charge is -2.20. The Bertz CT molecular complexity index is 896. The van der Waals surface area contributed by atoms with Crippen LogP contribution >= 0.6 is 11.6 Å². The summed E-state index contributed by atoms with van der Waals surface area (Å²) in [6.07, 6.45) is 0.971. The molecule has 0 atom stereocenters. The van der Waals surface area contributed by atoms with Gasteiger partial charge in [0.2, 0.25) is 0 Å². The number of nitrogens with zero attached hydrogens (tertiary/aromatic N) is 1. The maximum atomic E-state index is 13.2. The van der Waals surface area contributed by atoms with E-state index in [1.54, 1.807) is 0 Å². The standard InChI is InChI=1S/C20H20ClN3O/c21-15-7-8-17-16(13-15)18(14-5-2-1-3-6-14)19(23-17)20(25)24-11-4-9-22-10-12-24/h1-3,5-8,13,22-23H,4,9-12H2. The van der Waals surface area contributed by atoms with Crippen LogP contribution in [0.4, 0.5) is 0 Å². The van der Waals surface area contributed by atoms with Crippen molar-refractivity contribution in [2.75, 3.05) is 26.2 Å². The Kier molecular flexibility index (Phi) is 4.47. The van der Waals surface area contributed by atoms with Gasteiger partial charge in [-0.3, -0.25) is 4.79 Å². The molecule has 1 aliphatic heterocycles. The minimum atomic E-state index is 0.0508. The molecule has 1 aromatic heterocycles. The van der Waals surface area contributed by atoms with Crippen molar-refractivity contribution in [3.05, 3.63) is 59.2 Å². The van der Waals surface area contributed by atoms with E-state index in [9.17, 15) is 4.79 Å². The topological polar surface area (TPSA) is 48.1 Å². The second-order valence-electron chi connectivity index (χ2n) is 6.33. The Morgan fingerprint density at radius 2 is 1.88 bits per heavy atom. The maximum absolute atomic E-state index is 13.2. The molecule has 0 bridgehead atoms. The molecule has 0 radical (unpaired) electrons. The molecule has 0 unspecified atom stereocenters. The predicted molar refractivity (Wildman–Crippen MR) is 102 cm³/mol. The SMILES string of the molecule is O=C(c1[nH]c2ccc(Cl)cc2c1-c1ccccc1)N1CCCNCC1. The van der Waals surface area contributed by atoms with Crippen LogP contribution in [0.1, 0.15) is 16.9 Å². The van der Waals surface area contributed by atoms with Crippen molar-refractivity contribution in [2.24, 2.45) is 0 Å². The molecular formula is C20H20ClN3O. The van der Waals surface area contributed by atoms with Gasteiger partial charge in [0.25, 0.3) is 5.91 Å². The third-order valence-electron chi connectivity index (χ3n) is 4.66. The van der Waals surface area contributed by atoms with Gasteiger partial charge in [0, 0.05) is 41.1 Å². The Labute approximate surface area is 151 Å². The first-order valence-electron chi connectivity index (χ1n) is 8.60. The number of aromatic nitrogens is 1. The average molecular weight is 354 g/mol. The molecule has 2 heterocycles. The van der Waals surface area contributed by atoms with Crippen molar-refractivity contribution in [3.8, 4) is 11.1 Å². The number of aromatic amines is 1. The Balaban J connectivity index is 1.86. The first-order valence-corrected chi connectivity index (χ1v) is 8.98. The molecule has 0 aliphatic carbocycles. The quantitative estimate of drug-likeness (QED) is 0.733. The van der Waals surface area contributed by atoms with Crippen molar-refractivity contribution in [2.45, 2.75) is 6.42 Å². The van der Waals surface area contributed by atoms with Crippen molar-refractivity contribution in [3.63, 3.8) is 0 Å². The smallest absolute Gasteiger partial charge is 0.270 e. The van der Waals surface area contributed by atoms with E-state index in [1.807, 2.05) is 53.4 Å². The zero-order chi connectivity index (χ0) is 17.2. The molecule has 1 aliphatic rings. The van der Waals surface area contributed by atoms with Crippen LogP contribution in [0.2, 0.25) is 5.02 Å². The zero-order valence-corrected chi connectivity index (χ0v) is 14.6. The third-order valence-corrected chi connectivity index (χ3v) is 4.90. The van der Waals surface area contributed by atoms with Crippen molar-refractivity contribution >= 4 is 28.4 Å². The molecule has 4 nitrogen and oxygen atoms in total. The van der Waals surface area contributed by atoms with Crippen molar-refractivity contribution < 1.29 is 4.79 Å². The number of carbonyl (C=O) groups excluding carboxylic acids is 1. The van der Waals surface area contributed by atoms with Gasteiger partial charge in [-0.25, -0.2) is 0 Å². The van der Waals surface area contributed by atoms with E-state index >= 15 is 0 Å². The van der Waals surface area contributed by atoms with E-state index in [0.717, 1.165) is 54.6 Å². The number of carbonyl (C=O) groups is 1. The monoisotopic (exact) mass is 353 g/mol. The first-order chi connectivity index (χ1) is 12.2. The summed E-state index contributed by atoms with van der Waals surface area (Å²) in [7, 11) is 0. The predicted octanol–water partition coefficient (Wildman–Crippen LogP) is 3.92. The highest BCUT2D eigenvalue weighted by Crippen LogP contribution is 2.34. The molecule has 1 saturated heterocycles. The number of amides is 1. The second-order valence-corrected chi connectivity index (χ2v) is 6.76. The summed E-state index contributed by atoms with van der Waals surface area (Å²) in [4.78, 5) is 18.5. The molecule has 25 heavy (non-hydrogen) atoms. The summed E-state index contributed by atoms with van der Waals surface area (Å²) < 4.78 is 0. The lowest BCUT2D eigenvalue weighted by molar-refractivity contribution is 0.0762. The molecule has 1 fully saturated rings. The number of fused-ring (bicyclic) bond motifs is 1. The van der Waals surface area contributed by atoms with E-state index in [2.05, 4.69) is 10.3 Å². The van der Waals surface area contributed by atoms with Gasteiger partial charge in [0.15, 0.2) is 0 Å². The molecule has 0 spiro atoms. The summed E-state index contributed by atoms with van der Waals surface area (Å²) in [5, 5.41) is 4.99. The minimum absolute atomic E-state index is 0.0508. The highest BCUT2D eigenvalue weighted by molar-refractivity contribution is 6.31. The number of H-pyrrole nitrogens is 1. The fraction of sp³-hybridized carbons (Fsp3) is 0.250. The number of hydrogen-bond donors (Lipinski definition) is 2. The van der Waals surface area contributed by atoms with E-state index in [0.29, 0.717) is 10.7 Å². The van der Waals surface area contributed by atoms with Gasteiger partial charge in [0.05, 0.1) is 0 Å². The fourth-order valence-electron chi connectivity index (χ4n) is 3.44. The van der Waals surface area contributed by atoms with E-state index < -0.39 is 0 Å². The first kappa shape index (κ1) is 16.2. The normalized spacial score (nSPS) is 15.3. The van der Waals surface area contributed by atoms with Crippen LogP contribution in [0.25, 0.3) is 22.0 Å². The Hall–Kier alpha value is -2.30. The number of hydrogen-bond acceptors (Lipinski definition) is 2. The molecular weight excluding hydrogens is 334 g/mol. The second kappa shape index (κ2) is 6.90. The van der Waals surface area contributed by atoms with Gasteiger partial charge in [-0.1, -0.05) is 41.9 Å². The molecule has 3 aromatic rings. The highest BCUT2D eigenvalue weighted by atomic mass is 35.5. The van der Waals surface area contributed by atoms with Crippen LogP contribution in [0.5, 0.6) is 0 Å². The van der Waals surface area contributed by atoms with Crippen molar-refractivity contribution in [1.82, 2.24) is 15.2 Å². The summed E-state index contributed by atoms with van der Waals surface area (Å²) >= 11 is 6.22. The van der Waals surface area contributed by atoms with Crippen LogP contribution in [-0.4, -0.2) is 42.0 Å². The number of rotatable bonds is 2. The summed E-state index contributed by atoms with van der Waals surface area (Å²) in [6.45, 7) is 3.29. The highest BCUT2D eigenvalue weighted by Gasteiger charge is 2.24. The molecule has 4 rings (SSSR count). The van der Waals surface area contributed by atoms with E-state index in [1.165, 1.54) is 0 Å². The Morgan fingerprint density at radius 1 is 1.04 bits per heavy atom. The van der Waals surface area contributed by atoms with Crippen LogP contribution < -0.4 is 5.32 Å². The number of benzene rings is 2. The van der Waals surface area contributed by atoms with Crippen LogP contribution in [0.15, 0.2) is 48.5 Å². The largest absolute Gasteiger partial charge is 0.350 e. The molecule has 0 saturated carbocycles. The van der Waals surface area contributed by atoms with Gasteiger partial charge in [-0.2, -0.15) is 0 Å². The Morgan fingerprint density at radius 3 is 2.72 bits per heavy atom. The average Bonchev–Trinajstić information content (AvgIpc) is 2.81. The fourth-order valence-corrected chi connectivity index (χ4v) is 3.61. The van der Waals surface area contributed by atoms with E-state index in [-0.39, 0.29) is 5.91 Å². The van der Waals surface area contributed by atoms with Gasteiger partial charge in [-0.05, 0) is 36.7 Å². The van der Waals surface area contributed by atoms with Gasteiger partial charge in [0.1, 0.15) is 5.69 Å². The molecule has 128 valence electrons. The van der Waals surface area contributed by atoms with E-state index in [4.69, 9.17) is 11.6 Å². The zero-order valence-electron chi connectivity index (χ0n) is 13.9. The lowest BCUT2D eigenvalue weighted by Crippen LogP contribution is -2.34. The summed E-state index contributed by atoms with van der Waals surface area (Å²) in [5.41, 5.74) is 3.53. The number of nitrogens with one attached hydrogen (secondary N) is 2.